The van der Waals surface area contributed by atoms with Crippen molar-refractivity contribution in [1.29, 1.82) is 0 Å². The molecule has 0 aromatic heterocycles. The smallest absolute Gasteiger partial charge is 0.374 e. The van der Waals surface area contributed by atoms with Gasteiger partial charge in [-0.1, -0.05) is 12.1 Å². The van der Waals surface area contributed by atoms with Crippen molar-refractivity contribution in [2.45, 2.75) is 50.4 Å². The molecule has 2 atom stereocenters. The van der Waals surface area contributed by atoms with Crippen molar-refractivity contribution in [2.24, 2.45) is 5.73 Å². The number of halogens is 3. The zero-order valence-corrected chi connectivity index (χ0v) is 11.5. The quantitative estimate of drug-likeness (QED) is 0.923. The Bertz CT molecular complexity index is 435. The van der Waals surface area contributed by atoms with Crippen molar-refractivity contribution in [1.82, 2.24) is 0 Å². The fourth-order valence-electron chi connectivity index (χ4n) is 2.55. The second kappa shape index (κ2) is 5.74. The predicted molar refractivity (Wildman–Crippen MR) is 71.3 cm³/mol. The van der Waals surface area contributed by atoms with Crippen LogP contribution in [-0.2, 0) is 17.3 Å². The highest BCUT2D eigenvalue weighted by molar-refractivity contribution is 5.25. The van der Waals surface area contributed by atoms with Crippen LogP contribution >= 0.6 is 0 Å². The maximum Gasteiger partial charge on any atom is 0.416 e. The van der Waals surface area contributed by atoms with E-state index in [0.717, 1.165) is 37.0 Å². The third kappa shape index (κ3) is 3.52. The average Bonchev–Trinajstić information content (AvgIpc) is 2.39. The molecule has 0 spiro atoms. The Morgan fingerprint density at radius 3 is 2.40 bits per heavy atom. The summed E-state index contributed by atoms with van der Waals surface area (Å²) in [6, 6.07) is 4.99. The maximum absolute atomic E-state index is 12.5. The van der Waals surface area contributed by atoms with Gasteiger partial charge in [-0.05, 0) is 50.3 Å². The number of hydrogen-bond acceptors (Lipinski definition) is 2. The lowest BCUT2D eigenvalue weighted by Crippen LogP contribution is -2.50. The normalized spacial score (nSPS) is 25.4. The number of alkyl halides is 3. The van der Waals surface area contributed by atoms with E-state index >= 15 is 0 Å². The van der Waals surface area contributed by atoms with Crippen molar-refractivity contribution in [3.63, 3.8) is 0 Å². The Labute approximate surface area is 117 Å². The number of ether oxygens (including phenoxy) is 1. The van der Waals surface area contributed by atoms with Gasteiger partial charge in [-0.3, -0.25) is 0 Å². The van der Waals surface area contributed by atoms with Gasteiger partial charge < -0.3 is 10.5 Å². The molecule has 0 saturated carbocycles. The molecule has 1 heterocycles. The number of hydrogen-bond donors (Lipinski definition) is 1. The zero-order valence-electron chi connectivity index (χ0n) is 11.5. The average molecular weight is 287 g/mol. The van der Waals surface area contributed by atoms with Crippen LogP contribution in [0, 0.1) is 0 Å². The molecule has 1 aromatic rings. The fraction of sp³-hybridized carbons (Fsp3) is 0.600. The van der Waals surface area contributed by atoms with Gasteiger partial charge >= 0.3 is 6.18 Å². The molecule has 2 N–H and O–H groups in total. The van der Waals surface area contributed by atoms with E-state index < -0.39 is 11.7 Å². The maximum atomic E-state index is 12.5. The first-order valence-electron chi connectivity index (χ1n) is 6.87. The summed E-state index contributed by atoms with van der Waals surface area (Å²) in [6.07, 6.45) is -0.748. The molecule has 5 heteroatoms. The summed E-state index contributed by atoms with van der Waals surface area (Å²) >= 11 is 0. The molecular formula is C15H20F3NO. The highest BCUT2D eigenvalue weighted by atomic mass is 19.4. The second-order valence-electron chi connectivity index (χ2n) is 5.62. The summed E-state index contributed by atoms with van der Waals surface area (Å²) < 4.78 is 43.2. The molecule has 1 aliphatic rings. The summed E-state index contributed by atoms with van der Waals surface area (Å²) in [4.78, 5) is 0. The molecule has 20 heavy (non-hydrogen) atoms. The summed E-state index contributed by atoms with van der Waals surface area (Å²) in [7, 11) is 0. The summed E-state index contributed by atoms with van der Waals surface area (Å²) in [5.41, 5.74) is 5.99. The van der Waals surface area contributed by atoms with Crippen molar-refractivity contribution in [3.8, 4) is 0 Å². The molecule has 0 bridgehead atoms. The Kier molecular flexibility index (Phi) is 4.39. The van der Waals surface area contributed by atoms with Crippen LogP contribution in [0.1, 0.15) is 37.3 Å². The number of nitrogens with two attached hydrogens (primary N) is 1. The SMILES string of the molecule is CC1(C(N)Cc2ccc(C(F)(F)F)cc2)CCCCO1. The third-order valence-electron chi connectivity index (χ3n) is 4.02. The van der Waals surface area contributed by atoms with Crippen molar-refractivity contribution >= 4 is 0 Å². The van der Waals surface area contributed by atoms with Gasteiger partial charge in [0.15, 0.2) is 0 Å². The first kappa shape index (κ1) is 15.3. The van der Waals surface area contributed by atoms with Gasteiger partial charge in [0.05, 0.1) is 11.2 Å². The molecular weight excluding hydrogens is 267 g/mol. The standard InChI is InChI=1S/C15H20F3NO/c1-14(8-2-3-9-20-14)13(19)10-11-4-6-12(7-5-11)15(16,17)18/h4-7,13H,2-3,8-10,19H2,1H3. The monoisotopic (exact) mass is 287 g/mol. The third-order valence-corrected chi connectivity index (χ3v) is 4.02. The molecule has 1 fully saturated rings. The minimum atomic E-state index is -4.29. The van der Waals surface area contributed by atoms with Crippen LogP contribution in [0.2, 0.25) is 0 Å². The summed E-state index contributed by atoms with van der Waals surface area (Å²) in [5.74, 6) is 0. The van der Waals surface area contributed by atoms with E-state index in [4.69, 9.17) is 10.5 Å². The number of rotatable bonds is 3. The molecule has 1 aromatic carbocycles. The second-order valence-corrected chi connectivity index (χ2v) is 5.62. The van der Waals surface area contributed by atoms with Crippen LogP contribution in [0.3, 0.4) is 0 Å². The highest BCUT2D eigenvalue weighted by Crippen LogP contribution is 2.31. The molecule has 1 aliphatic heterocycles. The van der Waals surface area contributed by atoms with E-state index in [0.29, 0.717) is 13.0 Å². The van der Waals surface area contributed by atoms with E-state index in [-0.39, 0.29) is 11.6 Å². The Hall–Kier alpha value is -1.07. The van der Waals surface area contributed by atoms with Crippen LogP contribution in [-0.4, -0.2) is 18.2 Å². The summed E-state index contributed by atoms with van der Waals surface area (Å²) in [5, 5.41) is 0. The molecule has 112 valence electrons. The van der Waals surface area contributed by atoms with E-state index in [1.807, 2.05) is 6.92 Å². The van der Waals surface area contributed by atoms with Crippen LogP contribution in [0.15, 0.2) is 24.3 Å². The Morgan fingerprint density at radius 1 is 1.25 bits per heavy atom. The molecule has 2 rings (SSSR count). The first-order chi connectivity index (χ1) is 9.31. The summed E-state index contributed by atoms with van der Waals surface area (Å²) in [6.45, 7) is 2.69. The lowest BCUT2D eigenvalue weighted by atomic mass is 9.85. The predicted octanol–water partition coefficient (Wildman–Crippen LogP) is 3.53. The molecule has 0 amide bonds. The lowest BCUT2D eigenvalue weighted by Gasteiger charge is -2.39. The van der Waals surface area contributed by atoms with Gasteiger partial charge in [0.1, 0.15) is 0 Å². The minimum Gasteiger partial charge on any atom is -0.374 e. The van der Waals surface area contributed by atoms with E-state index in [1.54, 1.807) is 0 Å². The van der Waals surface area contributed by atoms with Gasteiger partial charge in [-0.25, -0.2) is 0 Å². The van der Waals surface area contributed by atoms with Gasteiger partial charge in [0.2, 0.25) is 0 Å². The van der Waals surface area contributed by atoms with Crippen LogP contribution in [0.4, 0.5) is 13.2 Å². The molecule has 2 unspecified atom stereocenters. The van der Waals surface area contributed by atoms with Crippen molar-refractivity contribution in [2.75, 3.05) is 6.61 Å². The van der Waals surface area contributed by atoms with Gasteiger partial charge in [0, 0.05) is 12.6 Å². The van der Waals surface area contributed by atoms with Crippen LogP contribution in [0.25, 0.3) is 0 Å². The number of benzene rings is 1. The molecule has 1 saturated heterocycles. The Balaban J connectivity index is 2.02. The molecule has 0 aliphatic carbocycles. The molecule has 2 nitrogen and oxygen atoms in total. The van der Waals surface area contributed by atoms with Gasteiger partial charge in [0.25, 0.3) is 0 Å². The molecule has 0 radical (unpaired) electrons. The minimum absolute atomic E-state index is 0.209. The van der Waals surface area contributed by atoms with Crippen LogP contribution < -0.4 is 5.73 Å². The van der Waals surface area contributed by atoms with E-state index in [9.17, 15) is 13.2 Å². The van der Waals surface area contributed by atoms with Crippen molar-refractivity contribution < 1.29 is 17.9 Å². The lowest BCUT2D eigenvalue weighted by molar-refractivity contribution is -0.137. The fourth-order valence-corrected chi connectivity index (χ4v) is 2.55. The van der Waals surface area contributed by atoms with Crippen LogP contribution in [0.5, 0.6) is 0 Å². The topological polar surface area (TPSA) is 35.2 Å². The van der Waals surface area contributed by atoms with E-state index in [2.05, 4.69) is 0 Å². The largest absolute Gasteiger partial charge is 0.416 e. The first-order valence-corrected chi connectivity index (χ1v) is 6.87. The van der Waals surface area contributed by atoms with E-state index in [1.165, 1.54) is 12.1 Å². The Morgan fingerprint density at radius 2 is 1.90 bits per heavy atom. The highest BCUT2D eigenvalue weighted by Gasteiger charge is 2.35. The van der Waals surface area contributed by atoms with Crippen molar-refractivity contribution in [3.05, 3.63) is 35.4 Å². The zero-order chi connectivity index (χ0) is 14.8. The van der Waals surface area contributed by atoms with Gasteiger partial charge in [-0.15, -0.1) is 0 Å². The van der Waals surface area contributed by atoms with Gasteiger partial charge in [-0.2, -0.15) is 13.2 Å².